The maximum Gasteiger partial charge on any atom is 0.222 e. The highest BCUT2D eigenvalue weighted by Crippen LogP contribution is 2.38. The Morgan fingerprint density at radius 3 is 2.79 bits per heavy atom. The minimum atomic E-state index is 0.0968. The molecule has 2 heterocycles. The Morgan fingerprint density at radius 2 is 2.00 bits per heavy atom. The summed E-state index contributed by atoms with van der Waals surface area (Å²) in [6.45, 7) is 0. The van der Waals surface area contributed by atoms with Crippen molar-refractivity contribution >= 4 is 17.5 Å². The van der Waals surface area contributed by atoms with Crippen LogP contribution in [-0.2, 0) is 0 Å². The third-order valence-corrected chi connectivity index (χ3v) is 4.63. The molecular formula is C18H17ClN4O. The molecule has 3 aromatic rings. The summed E-state index contributed by atoms with van der Waals surface area (Å²) < 4.78 is 7.30. The molecule has 5 nitrogen and oxygen atoms in total. The van der Waals surface area contributed by atoms with Gasteiger partial charge < -0.3 is 10.1 Å². The maximum atomic E-state index is 6.01. The third kappa shape index (κ3) is 2.71. The van der Waals surface area contributed by atoms with E-state index in [2.05, 4.69) is 39.7 Å². The molecule has 0 radical (unpaired) electrons. The smallest absolute Gasteiger partial charge is 0.222 e. The Morgan fingerprint density at radius 1 is 1.17 bits per heavy atom. The average Bonchev–Trinajstić information content (AvgIpc) is 3.10. The maximum absolute atomic E-state index is 6.01. The van der Waals surface area contributed by atoms with E-state index in [1.165, 1.54) is 5.56 Å². The predicted molar refractivity (Wildman–Crippen MR) is 93.6 cm³/mol. The lowest BCUT2D eigenvalue weighted by Gasteiger charge is -2.32. The predicted octanol–water partition coefficient (Wildman–Crippen LogP) is 4.09. The molecule has 6 heteroatoms. The van der Waals surface area contributed by atoms with E-state index in [1.807, 2.05) is 28.9 Å². The number of nitrogens with zero attached hydrogens (tertiary/aromatic N) is 3. The fraction of sp³-hybridized carbons (Fsp3) is 0.222. The topological polar surface area (TPSA) is 52.0 Å². The lowest BCUT2D eigenvalue weighted by molar-refractivity contribution is 0.406. The summed E-state index contributed by atoms with van der Waals surface area (Å²) >= 11 is 6.01. The largest absolute Gasteiger partial charge is 0.497 e. The first-order valence-corrected chi connectivity index (χ1v) is 8.18. The fourth-order valence-electron chi connectivity index (χ4n) is 3.16. The summed E-state index contributed by atoms with van der Waals surface area (Å²) in [5.41, 5.74) is 2.34. The van der Waals surface area contributed by atoms with Crippen molar-refractivity contribution in [1.29, 1.82) is 0 Å². The van der Waals surface area contributed by atoms with Gasteiger partial charge in [0.05, 0.1) is 19.2 Å². The number of ether oxygens (including phenoxy) is 1. The van der Waals surface area contributed by atoms with E-state index in [-0.39, 0.29) is 12.1 Å². The number of rotatable bonds is 3. The zero-order valence-electron chi connectivity index (χ0n) is 13.2. The van der Waals surface area contributed by atoms with E-state index < -0.39 is 0 Å². The van der Waals surface area contributed by atoms with E-state index in [0.717, 1.165) is 28.7 Å². The summed E-state index contributed by atoms with van der Waals surface area (Å²) in [5, 5.41) is 8.59. The van der Waals surface area contributed by atoms with Gasteiger partial charge in [0.25, 0.3) is 0 Å². The Kier molecular flexibility index (Phi) is 3.86. The van der Waals surface area contributed by atoms with Crippen LogP contribution in [0.15, 0.2) is 54.9 Å². The molecule has 1 aliphatic rings. The number of anilines is 1. The van der Waals surface area contributed by atoms with Crippen molar-refractivity contribution in [2.45, 2.75) is 18.5 Å². The molecule has 1 aliphatic heterocycles. The number of hydrogen-bond acceptors (Lipinski definition) is 4. The molecule has 2 aromatic carbocycles. The van der Waals surface area contributed by atoms with Crippen LogP contribution >= 0.6 is 11.6 Å². The Balaban J connectivity index is 1.72. The second-order valence-electron chi connectivity index (χ2n) is 5.80. The van der Waals surface area contributed by atoms with E-state index in [1.54, 1.807) is 13.4 Å². The molecular weight excluding hydrogens is 324 g/mol. The first-order chi connectivity index (χ1) is 11.7. The molecule has 0 saturated heterocycles. The van der Waals surface area contributed by atoms with Crippen molar-refractivity contribution in [1.82, 2.24) is 14.8 Å². The Labute approximate surface area is 145 Å². The first-order valence-electron chi connectivity index (χ1n) is 7.80. The van der Waals surface area contributed by atoms with Gasteiger partial charge in [-0.15, -0.1) is 0 Å². The van der Waals surface area contributed by atoms with Gasteiger partial charge >= 0.3 is 0 Å². The molecule has 0 bridgehead atoms. The summed E-state index contributed by atoms with van der Waals surface area (Å²) in [7, 11) is 1.68. The zero-order valence-corrected chi connectivity index (χ0v) is 13.9. The highest BCUT2D eigenvalue weighted by molar-refractivity contribution is 6.30. The molecule has 0 fully saturated rings. The molecule has 1 aromatic heterocycles. The number of aromatic nitrogens is 3. The quantitative estimate of drug-likeness (QED) is 0.780. The molecule has 24 heavy (non-hydrogen) atoms. The van der Waals surface area contributed by atoms with Crippen LogP contribution in [0.4, 0.5) is 5.95 Å². The molecule has 0 unspecified atom stereocenters. The number of halogens is 1. The van der Waals surface area contributed by atoms with Crippen LogP contribution in [0.2, 0.25) is 5.02 Å². The number of benzene rings is 2. The van der Waals surface area contributed by atoms with Gasteiger partial charge in [0.15, 0.2) is 0 Å². The van der Waals surface area contributed by atoms with Crippen LogP contribution in [0, 0.1) is 0 Å². The summed E-state index contributed by atoms with van der Waals surface area (Å²) in [4.78, 5) is 4.35. The lowest BCUT2D eigenvalue weighted by atomic mass is 9.93. The second-order valence-corrected chi connectivity index (χ2v) is 6.24. The number of fused-ring (bicyclic) bond motifs is 1. The van der Waals surface area contributed by atoms with Gasteiger partial charge in [-0.05, 0) is 41.8 Å². The molecule has 2 atom stereocenters. The van der Waals surface area contributed by atoms with Crippen LogP contribution in [0.5, 0.6) is 5.75 Å². The van der Waals surface area contributed by atoms with E-state index >= 15 is 0 Å². The minimum absolute atomic E-state index is 0.0968. The highest BCUT2D eigenvalue weighted by Gasteiger charge is 2.30. The van der Waals surface area contributed by atoms with Crippen molar-refractivity contribution in [3.05, 3.63) is 71.0 Å². The molecule has 0 spiro atoms. The van der Waals surface area contributed by atoms with Gasteiger partial charge in [-0.2, -0.15) is 10.1 Å². The molecule has 0 saturated carbocycles. The van der Waals surface area contributed by atoms with Crippen molar-refractivity contribution in [2.24, 2.45) is 0 Å². The minimum Gasteiger partial charge on any atom is -0.497 e. The second kappa shape index (κ2) is 6.17. The standard InChI is InChI=1S/C18H17ClN4O/c1-24-15-4-2-3-13(9-15)17-10-16(12-5-7-14(19)8-6-12)22-18-20-11-21-23(17)18/h2-9,11,16-17H,10H2,1H3,(H,20,21,22)/t16-,17-/m0/s1. The zero-order chi connectivity index (χ0) is 16.5. The van der Waals surface area contributed by atoms with E-state index in [0.29, 0.717) is 0 Å². The summed E-state index contributed by atoms with van der Waals surface area (Å²) in [6, 6.07) is 16.3. The van der Waals surface area contributed by atoms with Crippen LogP contribution in [0.25, 0.3) is 0 Å². The summed E-state index contributed by atoms with van der Waals surface area (Å²) in [6.07, 6.45) is 2.45. The van der Waals surface area contributed by atoms with Gasteiger partial charge in [0, 0.05) is 5.02 Å². The lowest BCUT2D eigenvalue weighted by Crippen LogP contribution is -2.28. The average molecular weight is 341 g/mol. The van der Waals surface area contributed by atoms with Gasteiger partial charge in [0.2, 0.25) is 5.95 Å². The van der Waals surface area contributed by atoms with Gasteiger partial charge in [-0.25, -0.2) is 4.68 Å². The highest BCUT2D eigenvalue weighted by atomic mass is 35.5. The van der Waals surface area contributed by atoms with Crippen LogP contribution in [0.3, 0.4) is 0 Å². The third-order valence-electron chi connectivity index (χ3n) is 4.38. The first kappa shape index (κ1) is 15.0. The van der Waals surface area contributed by atoms with Gasteiger partial charge in [0.1, 0.15) is 12.1 Å². The monoisotopic (exact) mass is 340 g/mol. The number of nitrogens with one attached hydrogen (secondary N) is 1. The van der Waals surface area contributed by atoms with Gasteiger partial charge in [-0.1, -0.05) is 35.9 Å². The van der Waals surface area contributed by atoms with E-state index in [4.69, 9.17) is 16.3 Å². The van der Waals surface area contributed by atoms with Crippen molar-refractivity contribution in [2.75, 3.05) is 12.4 Å². The molecule has 4 rings (SSSR count). The SMILES string of the molecule is COc1cccc([C@@H]2C[C@@H](c3ccc(Cl)cc3)Nc3ncnn32)c1. The van der Waals surface area contributed by atoms with Crippen molar-refractivity contribution < 1.29 is 4.74 Å². The normalized spacial score (nSPS) is 19.4. The fourth-order valence-corrected chi connectivity index (χ4v) is 3.29. The van der Waals surface area contributed by atoms with Crippen LogP contribution in [0.1, 0.15) is 29.6 Å². The Hall–Kier alpha value is -2.53. The molecule has 0 aliphatic carbocycles. The summed E-state index contributed by atoms with van der Waals surface area (Å²) in [5.74, 6) is 1.62. The molecule has 122 valence electrons. The van der Waals surface area contributed by atoms with Crippen molar-refractivity contribution in [3.8, 4) is 5.75 Å². The van der Waals surface area contributed by atoms with Crippen LogP contribution < -0.4 is 10.1 Å². The van der Waals surface area contributed by atoms with Crippen molar-refractivity contribution in [3.63, 3.8) is 0 Å². The van der Waals surface area contributed by atoms with Gasteiger partial charge in [-0.3, -0.25) is 0 Å². The Bertz CT molecular complexity index is 846. The molecule has 1 N–H and O–H groups in total. The molecule has 0 amide bonds. The number of hydrogen-bond donors (Lipinski definition) is 1. The van der Waals surface area contributed by atoms with Crippen LogP contribution in [-0.4, -0.2) is 21.9 Å². The number of methoxy groups -OCH3 is 1. The van der Waals surface area contributed by atoms with E-state index in [9.17, 15) is 0 Å².